The zero-order chi connectivity index (χ0) is 9.14. The molecule has 0 aliphatic carbocycles. The molecule has 0 aromatic carbocycles. The third kappa shape index (κ3) is 2.50. The second kappa shape index (κ2) is 3.91. The molecule has 1 aliphatic rings. The van der Waals surface area contributed by atoms with Gasteiger partial charge in [0.05, 0.1) is 6.42 Å². The van der Waals surface area contributed by atoms with Gasteiger partial charge >= 0.3 is 5.97 Å². The maximum absolute atomic E-state index is 10.4. The minimum Gasteiger partial charge on any atom is -0.481 e. The maximum atomic E-state index is 10.4. The fourth-order valence-electron chi connectivity index (χ4n) is 1.41. The molecule has 1 N–H and O–H groups in total. The monoisotopic (exact) mass is 168 g/mol. The summed E-state index contributed by atoms with van der Waals surface area (Å²) in [7, 11) is 7.61. The molecule has 4 nitrogen and oxygen atoms in total. The predicted octanol–water partition coefficient (Wildman–Crippen LogP) is -0.839. The number of rotatable bonds is 2. The Hall–Kier alpha value is -0.545. The van der Waals surface area contributed by atoms with Gasteiger partial charge in [-0.1, -0.05) is 0 Å². The van der Waals surface area contributed by atoms with Crippen molar-refractivity contribution in [2.75, 3.05) is 26.7 Å². The summed E-state index contributed by atoms with van der Waals surface area (Å²) in [6.07, 6.45) is 0.126. The fourth-order valence-corrected chi connectivity index (χ4v) is 1.41. The maximum Gasteiger partial charge on any atom is 0.304 e. The average molecular weight is 168 g/mol. The van der Waals surface area contributed by atoms with E-state index in [4.69, 9.17) is 13.1 Å². The molecule has 0 unspecified atom stereocenters. The molecule has 0 saturated carbocycles. The number of carbonyl (C=O) groups is 1. The van der Waals surface area contributed by atoms with Crippen molar-refractivity contribution in [2.45, 2.75) is 12.5 Å². The highest BCUT2D eigenvalue weighted by atomic mass is 16.4. The number of aliphatic carboxylic acids is 1. The van der Waals surface area contributed by atoms with Gasteiger partial charge in [-0.2, -0.15) is 0 Å². The number of hydrogen-bond donors (Lipinski definition) is 1. The van der Waals surface area contributed by atoms with Gasteiger partial charge in [-0.05, 0) is 13.6 Å². The van der Waals surface area contributed by atoms with Crippen molar-refractivity contribution in [3.63, 3.8) is 0 Å². The third-order valence-corrected chi connectivity index (χ3v) is 2.14. The number of likely N-dealkylation sites (N-methyl/N-ethyl adjacent to an activating group) is 1. The molecule has 12 heavy (non-hydrogen) atoms. The van der Waals surface area contributed by atoms with E-state index in [-0.39, 0.29) is 12.5 Å². The number of carboxylic acids is 1. The second-order valence-electron chi connectivity index (χ2n) is 3.25. The Bertz CT molecular complexity index is 177. The summed E-state index contributed by atoms with van der Waals surface area (Å²) in [5.74, 6) is -0.786. The van der Waals surface area contributed by atoms with E-state index in [1.807, 2.05) is 7.05 Å². The molecule has 1 aliphatic heterocycles. The third-order valence-electron chi connectivity index (χ3n) is 2.14. The molecule has 1 fully saturated rings. The fraction of sp³-hybridized carbons (Fsp3) is 0.857. The lowest BCUT2D eigenvalue weighted by Gasteiger charge is -2.37. The Balaban J connectivity index is 2.43. The van der Waals surface area contributed by atoms with Crippen LogP contribution in [0.5, 0.6) is 0 Å². The first-order valence-corrected chi connectivity index (χ1v) is 4.01. The highest BCUT2D eigenvalue weighted by Gasteiger charge is 2.23. The Morgan fingerprint density at radius 1 is 1.67 bits per heavy atom. The van der Waals surface area contributed by atoms with Gasteiger partial charge in [-0.25, -0.2) is 0 Å². The summed E-state index contributed by atoms with van der Waals surface area (Å²) in [6, 6.07) is -0.0405. The first-order valence-electron chi connectivity index (χ1n) is 4.01. The molecule has 1 heterocycles. The molecule has 1 rings (SSSR count). The lowest BCUT2D eigenvalue weighted by molar-refractivity contribution is -0.138. The molecule has 1 saturated heterocycles. The van der Waals surface area contributed by atoms with Gasteiger partial charge in [0.1, 0.15) is 0 Å². The van der Waals surface area contributed by atoms with Crippen molar-refractivity contribution >= 4 is 14.0 Å². The van der Waals surface area contributed by atoms with Crippen LogP contribution in [-0.4, -0.2) is 61.5 Å². The highest BCUT2D eigenvalue weighted by molar-refractivity contribution is 6.04. The quantitative estimate of drug-likeness (QED) is 0.546. The summed E-state index contributed by atoms with van der Waals surface area (Å²) in [5.41, 5.74) is 0. The van der Waals surface area contributed by atoms with Crippen LogP contribution in [0.1, 0.15) is 6.42 Å². The van der Waals surface area contributed by atoms with Crippen LogP contribution in [0.25, 0.3) is 0 Å². The number of hydrogen-bond acceptors (Lipinski definition) is 3. The molecule has 66 valence electrons. The Kier molecular flexibility index (Phi) is 3.11. The van der Waals surface area contributed by atoms with E-state index >= 15 is 0 Å². The molecule has 0 aromatic rings. The predicted molar refractivity (Wildman–Crippen MR) is 46.0 cm³/mol. The lowest BCUT2D eigenvalue weighted by Crippen LogP contribution is -2.51. The Morgan fingerprint density at radius 3 is 2.92 bits per heavy atom. The molecular weight excluding hydrogens is 155 g/mol. The van der Waals surface area contributed by atoms with Crippen LogP contribution in [0.3, 0.4) is 0 Å². The summed E-state index contributed by atoms with van der Waals surface area (Å²) >= 11 is 0. The Labute approximate surface area is 73.6 Å². The molecule has 0 spiro atoms. The standard InChI is InChI=1S/C7H13BN2O2/c1-9-2-3-10(8)6(5-9)4-7(11)12/h6H,2-5H2,1H3,(H,11,12)/t6-/m1/s1. The molecule has 0 aromatic heterocycles. The second-order valence-corrected chi connectivity index (χ2v) is 3.25. The zero-order valence-corrected chi connectivity index (χ0v) is 7.23. The summed E-state index contributed by atoms with van der Waals surface area (Å²) in [4.78, 5) is 14.1. The van der Waals surface area contributed by atoms with Gasteiger partial charge in [0.2, 0.25) is 0 Å². The summed E-state index contributed by atoms with van der Waals surface area (Å²) in [6.45, 7) is 2.39. The van der Waals surface area contributed by atoms with Gasteiger partial charge in [0.25, 0.3) is 0 Å². The number of piperazine rings is 1. The van der Waals surface area contributed by atoms with E-state index in [0.717, 1.165) is 19.6 Å². The minimum absolute atomic E-state index is 0.0405. The minimum atomic E-state index is -0.786. The van der Waals surface area contributed by atoms with E-state index in [0.29, 0.717) is 0 Å². The zero-order valence-electron chi connectivity index (χ0n) is 7.23. The SMILES string of the molecule is [B]N1CCN(C)C[C@H]1CC(=O)O. The van der Waals surface area contributed by atoms with Gasteiger partial charge in [-0.15, -0.1) is 0 Å². The van der Waals surface area contributed by atoms with Crippen LogP contribution in [-0.2, 0) is 4.79 Å². The van der Waals surface area contributed by atoms with Gasteiger partial charge < -0.3 is 14.8 Å². The number of carboxylic acid groups (broad SMARTS) is 1. The largest absolute Gasteiger partial charge is 0.481 e. The van der Waals surface area contributed by atoms with E-state index in [1.165, 1.54) is 0 Å². The van der Waals surface area contributed by atoms with Gasteiger partial charge in [-0.3, -0.25) is 4.79 Å². The van der Waals surface area contributed by atoms with Crippen LogP contribution in [0, 0.1) is 0 Å². The highest BCUT2D eigenvalue weighted by Crippen LogP contribution is 2.08. The smallest absolute Gasteiger partial charge is 0.304 e. The average Bonchev–Trinajstić information content (AvgIpc) is 1.96. The van der Waals surface area contributed by atoms with Crippen molar-refractivity contribution in [1.29, 1.82) is 0 Å². The normalized spacial score (nSPS) is 27.2. The van der Waals surface area contributed by atoms with Crippen molar-refractivity contribution in [3.8, 4) is 0 Å². The van der Waals surface area contributed by atoms with Crippen molar-refractivity contribution < 1.29 is 9.90 Å². The molecule has 0 bridgehead atoms. The molecule has 0 amide bonds. The van der Waals surface area contributed by atoms with E-state index in [2.05, 4.69) is 4.90 Å². The molecular formula is C7H13BN2O2. The van der Waals surface area contributed by atoms with Crippen molar-refractivity contribution in [3.05, 3.63) is 0 Å². The summed E-state index contributed by atoms with van der Waals surface area (Å²) in [5, 5.41) is 8.57. The number of nitrogens with zero attached hydrogens (tertiary/aromatic N) is 2. The van der Waals surface area contributed by atoms with Crippen molar-refractivity contribution in [2.24, 2.45) is 0 Å². The van der Waals surface area contributed by atoms with Crippen LogP contribution in [0.15, 0.2) is 0 Å². The van der Waals surface area contributed by atoms with E-state index < -0.39 is 5.97 Å². The molecule has 2 radical (unpaired) electrons. The molecule has 1 atom stereocenters. The molecule has 5 heteroatoms. The first-order chi connectivity index (χ1) is 5.59. The van der Waals surface area contributed by atoms with Gasteiger partial charge in [0, 0.05) is 19.1 Å². The van der Waals surface area contributed by atoms with Crippen LogP contribution < -0.4 is 0 Å². The van der Waals surface area contributed by atoms with Crippen molar-refractivity contribution in [1.82, 2.24) is 9.71 Å². The summed E-state index contributed by atoms with van der Waals surface area (Å²) < 4.78 is 0. The van der Waals surface area contributed by atoms with E-state index in [9.17, 15) is 4.79 Å². The lowest BCUT2D eigenvalue weighted by atomic mass is 10.0. The topological polar surface area (TPSA) is 43.8 Å². The van der Waals surface area contributed by atoms with Crippen LogP contribution in [0.4, 0.5) is 0 Å². The first kappa shape index (κ1) is 9.54. The van der Waals surface area contributed by atoms with Crippen LogP contribution >= 0.6 is 0 Å². The van der Waals surface area contributed by atoms with E-state index in [1.54, 1.807) is 4.81 Å². The Morgan fingerprint density at radius 2 is 2.33 bits per heavy atom. The van der Waals surface area contributed by atoms with Gasteiger partial charge in [0.15, 0.2) is 7.98 Å². The van der Waals surface area contributed by atoms with Crippen LogP contribution in [0.2, 0.25) is 0 Å².